The van der Waals surface area contributed by atoms with Gasteiger partial charge in [-0.05, 0) is 16.8 Å². The monoisotopic (exact) mass is 309 g/mol. The summed E-state index contributed by atoms with van der Waals surface area (Å²) in [4.78, 5) is 1.98. The summed E-state index contributed by atoms with van der Waals surface area (Å²) in [6, 6.07) is 0.0796. The molecule has 1 saturated heterocycles. The van der Waals surface area contributed by atoms with E-state index in [1.165, 1.54) is 0 Å². The summed E-state index contributed by atoms with van der Waals surface area (Å²) in [6.45, 7) is 0.146. The molecule has 0 saturated carbocycles. The van der Waals surface area contributed by atoms with Crippen molar-refractivity contribution in [2.45, 2.75) is 37.8 Å². The van der Waals surface area contributed by atoms with Crippen LogP contribution in [0.1, 0.15) is 12.2 Å². The number of ether oxygens (including phenoxy) is 2. The van der Waals surface area contributed by atoms with E-state index in [1.54, 1.807) is 14.2 Å². The Kier molecular flexibility index (Phi) is 5.12. The fourth-order valence-electron chi connectivity index (χ4n) is 2.48. The van der Waals surface area contributed by atoms with Gasteiger partial charge in [-0.25, -0.2) is 4.68 Å². The van der Waals surface area contributed by atoms with Crippen LogP contribution in [0, 0.1) is 0 Å². The molecular weight excluding hydrogens is 291 g/mol. The summed E-state index contributed by atoms with van der Waals surface area (Å²) in [6.07, 6.45) is -3.54. The van der Waals surface area contributed by atoms with Gasteiger partial charge in [-0.15, -0.1) is 5.10 Å². The van der Waals surface area contributed by atoms with Crippen molar-refractivity contribution in [3.05, 3.63) is 5.82 Å². The number of hydrogen-bond acceptors (Lipinski definition) is 6. The molecular formula is C11H18F3N5O2. The van der Waals surface area contributed by atoms with E-state index in [0.717, 1.165) is 11.1 Å². The standard InChI is InChI=1S/C11H18F3N5O2/c1-20-6-8-3-9(21-2)4-18(8)5-10-15-16-17-19(10)7-11(12,13)14/h8-9H,3-7H2,1-2H3/t8-,9-/m0/s1. The van der Waals surface area contributed by atoms with Crippen LogP contribution in [-0.2, 0) is 22.6 Å². The minimum atomic E-state index is -4.35. The molecule has 1 aromatic heterocycles. The van der Waals surface area contributed by atoms with Crippen LogP contribution in [0.15, 0.2) is 0 Å². The lowest BCUT2D eigenvalue weighted by atomic mass is 10.2. The van der Waals surface area contributed by atoms with Gasteiger partial charge in [0.1, 0.15) is 6.54 Å². The Morgan fingerprint density at radius 2 is 2.10 bits per heavy atom. The van der Waals surface area contributed by atoms with Gasteiger partial charge in [-0.3, -0.25) is 4.90 Å². The molecule has 0 unspecified atom stereocenters. The maximum atomic E-state index is 12.5. The van der Waals surface area contributed by atoms with Gasteiger partial charge >= 0.3 is 6.18 Å². The summed E-state index contributed by atoms with van der Waals surface area (Å²) >= 11 is 0. The van der Waals surface area contributed by atoms with Crippen LogP contribution >= 0.6 is 0 Å². The van der Waals surface area contributed by atoms with Crippen molar-refractivity contribution >= 4 is 0 Å². The van der Waals surface area contributed by atoms with E-state index >= 15 is 0 Å². The Labute approximate surface area is 120 Å². The molecule has 21 heavy (non-hydrogen) atoms. The maximum Gasteiger partial charge on any atom is 0.408 e. The number of likely N-dealkylation sites (tertiary alicyclic amines) is 1. The molecule has 0 spiro atoms. The van der Waals surface area contributed by atoms with Gasteiger partial charge in [0, 0.05) is 26.8 Å². The number of hydrogen-bond donors (Lipinski definition) is 0. The van der Waals surface area contributed by atoms with Gasteiger partial charge in [0.25, 0.3) is 0 Å². The minimum absolute atomic E-state index is 0.0390. The van der Waals surface area contributed by atoms with E-state index < -0.39 is 12.7 Å². The number of alkyl halides is 3. The Hall–Kier alpha value is -1.26. The van der Waals surface area contributed by atoms with Gasteiger partial charge in [-0.1, -0.05) is 0 Å². The highest BCUT2D eigenvalue weighted by Gasteiger charge is 2.34. The first-order chi connectivity index (χ1) is 9.93. The molecule has 7 nitrogen and oxygen atoms in total. The van der Waals surface area contributed by atoms with E-state index in [-0.39, 0.29) is 24.5 Å². The average Bonchev–Trinajstić information content (AvgIpc) is 2.97. The molecule has 0 bridgehead atoms. The third kappa shape index (κ3) is 4.35. The van der Waals surface area contributed by atoms with Crippen LogP contribution < -0.4 is 0 Å². The van der Waals surface area contributed by atoms with Gasteiger partial charge in [-0.2, -0.15) is 13.2 Å². The number of rotatable bonds is 6. The summed E-state index contributed by atoms with van der Waals surface area (Å²) in [5.41, 5.74) is 0. The minimum Gasteiger partial charge on any atom is -0.383 e. The Balaban J connectivity index is 2.05. The molecule has 120 valence electrons. The van der Waals surface area contributed by atoms with E-state index in [2.05, 4.69) is 15.5 Å². The van der Waals surface area contributed by atoms with Crippen LogP contribution in [0.2, 0.25) is 0 Å². The van der Waals surface area contributed by atoms with E-state index in [0.29, 0.717) is 13.2 Å². The number of nitrogens with zero attached hydrogens (tertiary/aromatic N) is 5. The van der Waals surface area contributed by atoms with Crippen molar-refractivity contribution in [2.24, 2.45) is 0 Å². The molecule has 1 aromatic rings. The van der Waals surface area contributed by atoms with Crippen molar-refractivity contribution in [3.63, 3.8) is 0 Å². The van der Waals surface area contributed by atoms with Crippen molar-refractivity contribution < 1.29 is 22.6 Å². The summed E-state index contributed by atoms with van der Waals surface area (Å²) in [5.74, 6) is 0.185. The summed E-state index contributed by atoms with van der Waals surface area (Å²) in [5, 5.41) is 10.4. The van der Waals surface area contributed by atoms with E-state index in [1.807, 2.05) is 4.90 Å². The Morgan fingerprint density at radius 3 is 2.71 bits per heavy atom. The molecule has 10 heteroatoms. The van der Waals surface area contributed by atoms with Crippen LogP contribution in [0.4, 0.5) is 13.2 Å². The quantitative estimate of drug-likeness (QED) is 0.761. The zero-order valence-electron chi connectivity index (χ0n) is 11.9. The fraction of sp³-hybridized carbons (Fsp3) is 0.909. The second-order valence-corrected chi connectivity index (χ2v) is 5.00. The Bertz CT molecular complexity index is 453. The van der Waals surface area contributed by atoms with Crippen molar-refractivity contribution in [3.8, 4) is 0 Å². The molecule has 0 aliphatic carbocycles. The van der Waals surface area contributed by atoms with Crippen LogP contribution in [0.5, 0.6) is 0 Å². The van der Waals surface area contributed by atoms with Crippen molar-refractivity contribution in [2.75, 3.05) is 27.4 Å². The fourth-order valence-corrected chi connectivity index (χ4v) is 2.48. The van der Waals surface area contributed by atoms with Gasteiger partial charge in [0.15, 0.2) is 5.82 Å². The second kappa shape index (κ2) is 6.67. The van der Waals surface area contributed by atoms with E-state index in [4.69, 9.17) is 9.47 Å². The largest absolute Gasteiger partial charge is 0.408 e. The SMILES string of the molecule is COC[C@@H]1C[C@H](OC)CN1Cc1nnnn1CC(F)(F)F. The first-order valence-electron chi connectivity index (χ1n) is 6.50. The van der Waals surface area contributed by atoms with Gasteiger partial charge < -0.3 is 9.47 Å². The normalized spacial score (nSPS) is 23.9. The Morgan fingerprint density at radius 1 is 1.33 bits per heavy atom. The zero-order valence-corrected chi connectivity index (χ0v) is 11.9. The molecule has 1 aliphatic heterocycles. The topological polar surface area (TPSA) is 65.3 Å². The molecule has 0 amide bonds. The molecule has 2 atom stereocenters. The van der Waals surface area contributed by atoms with E-state index in [9.17, 15) is 13.2 Å². The van der Waals surface area contributed by atoms with Crippen molar-refractivity contribution in [1.29, 1.82) is 0 Å². The first kappa shape index (κ1) is 16.1. The number of tetrazole rings is 1. The summed E-state index contributed by atoms with van der Waals surface area (Å²) < 4.78 is 48.6. The number of aromatic nitrogens is 4. The molecule has 2 rings (SSSR count). The predicted molar refractivity (Wildman–Crippen MR) is 65.4 cm³/mol. The van der Waals surface area contributed by atoms with Crippen LogP contribution in [-0.4, -0.2) is 70.8 Å². The zero-order chi connectivity index (χ0) is 15.5. The molecule has 1 fully saturated rings. The third-order valence-corrected chi connectivity index (χ3v) is 3.46. The van der Waals surface area contributed by atoms with Crippen molar-refractivity contribution in [1.82, 2.24) is 25.1 Å². The van der Waals surface area contributed by atoms with Crippen LogP contribution in [0.3, 0.4) is 0 Å². The number of halogens is 3. The highest BCUT2D eigenvalue weighted by molar-refractivity contribution is 4.91. The van der Waals surface area contributed by atoms with Gasteiger partial charge in [0.2, 0.25) is 0 Å². The van der Waals surface area contributed by atoms with Crippen LogP contribution in [0.25, 0.3) is 0 Å². The molecule has 0 radical (unpaired) electrons. The predicted octanol–water partition coefficient (Wildman–Crippen LogP) is 0.471. The maximum absolute atomic E-state index is 12.5. The third-order valence-electron chi connectivity index (χ3n) is 3.46. The molecule has 2 heterocycles. The van der Waals surface area contributed by atoms with Gasteiger partial charge in [0.05, 0.1) is 19.3 Å². The first-order valence-corrected chi connectivity index (χ1v) is 6.50. The lowest BCUT2D eigenvalue weighted by molar-refractivity contribution is -0.143. The lowest BCUT2D eigenvalue weighted by Crippen LogP contribution is -2.34. The highest BCUT2D eigenvalue weighted by atomic mass is 19.4. The average molecular weight is 309 g/mol. The smallest absolute Gasteiger partial charge is 0.383 e. The summed E-state index contributed by atoms with van der Waals surface area (Å²) in [7, 11) is 3.21. The molecule has 0 N–H and O–H groups in total. The lowest BCUT2D eigenvalue weighted by Gasteiger charge is -2.22. The molecule has 1 aliphatic rings. The molecule has 0 aromatic carbocycles. The number of methoxy groups -OCH3 is 2. The second-order valence-electron chi connectivity index (χ2n) is 5.00. The highest BCUT2D eigenvalue weighted by Crippen LogP contribution is 2.23.